The van der Waals surface area contributed by atoms with E-state index in [0.29, 0.717) is 22.6 Å². The number of halogens is 1. The second kappa shape index (κ2) is 9.91. The number of aliphatic carboxylic acids is 1. The molecule has 1 amide bonds. The van der Waals surface area contributed by atoms with Crippen molar-refractivity contribution < 1.29 is 38.5 Å². The summed E-state index contributed by atoms with van der Waals surface area (Å²) in [6.07, 6.45) is -0.208. The minimum Gasteiger partial charge on any atom is -0.507 e. The Bertz CT molecular complexity index is 1360. The molecule has 0 aromatic heterocycles. The summed E-state index contributed by atoms with van der Waals surface area (Å²) in [5.41, 5.74) is 0.988. The molecule has 1 heterocycles. The number of methoxy groups -OCH3 is 2. The highest BCUT2D eigenvalue weighted by molar-refractivity contribution is 6.51. The average molecular weight is 491 g/mol. The van der Waals surface area contributed by atoms with E-state index in [0.717, 1.165) is 12.1 Å². The molecular formula is C27H22FNO7. The summed E-state index contributed by atoms with van der Waals surface area (Å²) in [4.78, 5) is 38.8. The highest BCUT2D eigenvalue weighted by Gasteiger charge is 2.47. The van der Waals surface area contributed by atoms with Gasteiger partial charge >= 0.3 is 5.97 Å². The minimum atomic E-state index is -1.06. The molecule has 1 unspecified atom stereocenters. The maximum Gasteiger partial charge on any atom is 0.307 e. The van der Waals surface area contributed by atoms with Gasteiger partial charge in [-0.2, -0.15) is 0 Å². The number of rotatable bonds is 7. The smallest absolute Gasteiger partial charge is 0.307 e. The number of hydrogen-bond donors (Lipinski definition) is 2. The van der Waals surface area contributed by atoms with Gasteiger partial charge < -0.3 is 19.7 Å². The third-order valence-corrected chi connectivity index (χ3v) is 5.86. The van der Waals surface area contributed by atoms with E-state index in [-0.39, 0.29) is 23.3 Å². The number of carboxylic acids is 1. The summed E-state index contributed by atoms with van der Waals surface area (Å²) < 4.78 is 24.5. The number of ketones is 1. The Morgan fingerprint density at radius 1 is 0.944 bits per heavy atom. The molecule has 0 spiro atoms. The van der Waals surface area contributed by atoms with Crippen LogP contribution in [0.15, 0.2) is 72.3 Å². The number of aliphatic hydroxyl groups excluding tert-OH is 1. The van der Waals surface area contributed by atoms with Crippen molar-refractivity contribution in [3.8, 4) is 11.5 Å². The minimum absolute atomic E-state index is 0.0779. The summed E-state index contributed by atoms with van der Waals surface area (Å²) in [5, 5.41) is 20.3. The number of carbonyl (C=O) groups excluding carboxylic acids is 2. The van der Waals surface area contributed by atoms with E-state index in [1.807, 2.05) is 0 Å². The average Bonchev–Trinajstić information content (AvgIpc) is 3.14. The molecule has 1 saturated heterocycles. The highest BCUT2D eigenvalue weighted by Crippen LogP contribution is 2.43. The number of hydrogen-bond acceptors (Lipinski definition) is 6. The fourth-order valence-corrected chi connectivity index (χ4v) is 4.16. The number of amides is 1. The van der Waals surface area contributed by atoms with E-state index in [9.17, 15) is 23.9 Å². The van der Waals surface area contributed by atoms with Gasteiger partial charge in [-0.3, -0.25) is 19.3 Å². The third kappa shape index (κ3) is 4.50. The van der Waals surface area contributed by atoms with Crippen LogP contribution in [0.5, 0.6) is 11.5 Å². The van der Waals surface area contributed by atoms with Crippen LogP contribution in [0.3, 0.4) is 0 Å². The Morgan fingerprint density at radius 2 is 1.61 bits per heavy atom. The largest absolute Gasteiger partial charge is 0.507 e. The van der Waals surface area contributed by atoms with Gasteiger partial charge in [-0.25, -0.2) is 4.39 Å². The van der Waals surface area contributed by atoms with E-state index in [2.05, 4.69) is 0 Å². The zero-order chi connectivity index (χ0) is 26.0. The lowest BCUT2D eigenvalue weighted by Crippen LogP contribution is -2.29. The molecule has 0 aliphatic carbocycles. The molecule has 1 atom stereocenters. The standard InChI is InChI=1S/C27H22FNO7/c1-35-19-10-5-16(6-11-19)24-23(25(32)20-14-17(28)7-12-21(20)36-2)26(33)27(34)29(24)18-8-3-15(4-9-18)13-22(30)31/h3-12,14,24,32H,13H2,1-2H3,(H,30,31)/b25-23+. The van der Waals surface area contributed by atoms with Crippen molar-refractivity contribution >= 4 is 29.1 Å². The lowest BCUT2D eigenvalue weighted by molar-refractivity contribution is -0.136. The molecule has 1 fully saturated rings. The van der Waals surface area contributed by atoms with Crippen LogP contribution in [-0.2, 0) is 20.8 Å². The predicted molar refractivity (Wildman–Crippen MR) is 129 cm³/mol. The number of anilines is 1. The molecule has 2 N–H and O–H groups in total. The monoisotopic (exact) mass is 491 g/mol. The number of carboxylic acid groups (broad SMARTS) is 1. The second-order valence-electron chi connectivity index (χ2n) is 8.02. The van der Waals surface area contributed by atoms with Crippen molar-refractivity contribution in [3.63, 3.8) is 0 Å². The van der Waals surface area contributed by atoms with Gasteiger partial charge in [0.25, 0.3) is 11.7 Å². The number of Topliss-reactive ketones (excluding diaryl/α,β-unsaturated/α-hetero) is 1. The third-order valence-electron chi connectivity index (χ3n) is 5.86. The van der Waals surface area contributed by atoms with E-state index in [4.69, 9.17) is 14.6 Å². The van der Waals surface area contributed by atoms with Crippen molar-refractivity contribution in [2.75, 3.05) is 19.1 Å². The first kappa shape index (κ1) is 24.5. The Balaban J connectivity index is 1.91. The topological polar surface area (TPSA) is 113 Å². The summed E-state index contributed by atoms with van der Waals surface area (Å²) >= 11 is 0. The Kier molecular flexibility index (Phi) is 6.73. The van der Waals surface area contributed by atoms with Crippen LogP contribution >= 0.6 is 0 Å². The van der Waals surface area contributed by atoms with Crippen molar-refractivity contribution in [2.45, 2.75) is 12.5 Å². The van der Waals surface area contributed by atoms with Crippen LogP contribution in [0.4, 0.5) is 10.1 Å². The molecule has 1 aliphatic rings. The van der Waals surface area contributed by atoms with Gasteiger partial charge in [0.15, 0.2) is 0 Å². The predicted octanol–water partition coefficient (Wildman–Crippen LogP) is 4.10. The molecule has 1 aliphatic heterocycles. The van der Waals surface area contributed by atoms with E-state index in [1.54, 1.807) is 36.4 Å². The quantitative estimate of drug-likeness (QED) is 0.291. The number of ether oxygens (including phenoxy) is 2. The van der Waals surface area contributed by atoms with E-state index in [1.165, 1.54) is 37.3 Å². The van der Waals surface area contributed by atoms with Crippen molar-refractivity contribution in [3.05, 3.63) is 94.8 Å². The summed E-state index contributed by atoms with van der Waals surface area (Å²) in [6, 6.07) is 15.2. The van der Waals surface area contributed by atoms with E-state index >= 15 is 0 Å². The first-order chi connectivity index (χ1) is 17.2. The van der Waals surface area contributed by atoms with Gasteiger partial charge in [0, 0.05) is 5.69 Å². The number of benzene rings is 3. The second-order valence-corrected chi connectivity index (χ2v) is 8.02. The van der Waals surface area contributed by atoms with Crippen LogP contribution in [0.25, 0.3) is 5.76 Å². The molecule has 184 valence electrons. The Hall–Kier alpha value is -4.66. The molecular weight excluding hydrogens is 469 g/mol. The zero-order valence-electron chi connectivity index (χ0n) is 19.4. The van der Waals surface area contributed by atoms with Gasteiger partial charge in [-0.1, -0.05) is 24.3 Å². The van der Waals surface area contributed by atoms with E-state index < -0.39 is 35.3 Å². The number of carbonyl (C=O) groups is 3. The lowest BCUT2D eigenvalue weighted by atomic mass is 9.94. The summed E-state index contributed by atoms with van der Waals surface area (Å²) in [7, 11) is 2.83. The normalized spacial score (nSPS) is 16.8. The van der Waals surface area contributed by atoms with Crippen molar-refractivity contribution in [1.29, 1.82) is 0 Å². The van der Waals surface area contributed by atoms with Gasteiger partial charge in [-0.05, 0) is 53.6 Å². The zero-order valence-corrected chi connectivity index (χ0v) is 19.4. The van der Waals surface area contributed by atoms with Crippen molar-refractivity contribution in [1.82, 2.24) is 0 Å². The fourth-order valence-electron chi connectivity index (χ4n) is 4.16. The molecule has 0 bridgehead atoms. The maximum absolute atomic E-state index is 14.1. The first-order valence-electron chi connectivity index (χ1n) is 10.8. The molecule has 0 saturated carbocycles. The van der Waals surface area contributed by atoms with Gasteiger partial charge in [0.1, 0.15) is 23.1 Å². The van der Waals surface area contributed by atoms with Crippen LogP contribution in [0.2, 0.25) is 0 Å². The Labute approximate surface area is 205 Å². The number of aliphatic hydroxyl groups is 1. The van der Waals surface area contributed by atoms with Crippen LogP contribution in [0.1, 0.15) is 22.7 Å². The lowest BCUT2D eigenvalue weighted by Gasteiger charge is -2.26. The SMILES string of the molecule is COc1ccc(C2/C(=C(\O)c3cc(F)ccc3OC)C(=O)C(=O)N2c2ccc(CC(=O)O)cc2)cc1. The summed E-state index contributed by atoms with van der Waals surface area (Å²) in [6.45, 7) is 0. The molecule has 0 radical (unpaired) electrons. The van der Waals surface area contributed by atoms with Crippen LogP contribution in [0, 0.1) is 5.82 Å². The Morgan fingerprint density at radius 3 is 2.19 bits per heavy atom. The molecule has 4 rings (SSSR count). The molecule has 9 heteroatoms. The number of nitrogens with zero attached hydrogens (tertiary/aromatic N) is 1. The van der Waals surface area contributed by atoms with Gasteiger partial charge in [-0.15, -0.1) is 0 Å². The van der Waals surface area contributed by atoms with Crippen LogP contribution < -0.4 is 14.4 Å². The van der Waals surface area contributed by atoms with Crippen LogP contribution in [-0.4, -0.2) is 42.1 Å². The van der Waals surface area contributed by atoms with Gasteiger partial charge in [0.05, 0.1) is 37.8 Å². The molecule has 3 aromatic carbocycles. The molecule has 3 aromatic rings. The highest BCUT2D eigenvalue weighted by atomic mass is 19.1. The van der Waals surface area contributed by atoms with Crippen molar-refractivity contribution in [2.24, 2.45) is 0 Å². The fraction of sp³-hybridized carbons (Fsp3) is 0.148. The molecule has 8 nitrogen and oxygen atoms in total. The summed E-state index contributed by atoms with van der Waals surface area (Å²) in [5.74, 6) is -3.47. The molecule has 36 heavy (non-hydrogen) atoms. The first-order valence-corrected chi connectivity index (χ1v) is 10.8. The maximum atomic E-state index is 14.1. The van der Waals surface area contributed by atoms with Gasteiger partial charge in [0.2, 0.25) is 0 Å².